The van der Waals surface area contributed by atoms with Crippen molar-refractivity contribution in [2.24, 2.45) is 5.92 Å². The highest BCUT2D eigenvalue weighted by Crippen LogP contribution is 2.47. The molecule has 0 saturated heterocycles. The van der Waals surface area contributed by atoms with Gasteiger partial charge in [-0.3, -0.25) is 14.8 Å². The van der Waals surface area contributed by atoms with Crippen molar-refractivity contribution < 1.29 is 9.21 Å². The van der Waals surface area contributed by atoms with E-state index in [9.17, 15) is 4.79 Å². The Labute approximate surface area is 148 Å². The zero-order chi connectivity index (χ0) is 17.6. The number of carbonyl (C=O) groups is 1. The topological polar surface area (TPSA) is 74.2 Å². The molecule has 6 nitrogen and oxygen atoms in total. The van der Waals surface area contributed by atoms with E-state index in [2.05, 4.69) is 39.5 Å². The molecule has 2 aromatic heterocycles. The molecule has 0 radical (unpaired) electrons. The molecule has 1 amide bonds. The Hall–Kier alpha value is -2.08. The van der Waals surface area contributed by atoms with Crippen LogP contribution in [0.3, 0.4) is 0 Å². The zero-order valence-corrected chi connectivity index (χ0v) is 15.1. The molecule has 134 valence electrons. The maximum absolute atomic E-state index is 12.5. The number of anilines is 1. The van der Waals surface area contributed by atoms with Gasteiger partial charge in [0.25, 0.3) is 0 Å². The van der Waals surface area contributed by atoms with Crippen LogP contribution in [-0.2, 0) is 11.3 Å². The van der Waals surface area contributed by atoms with Crippen molar-refractivity contribution in [1.29, 1.82) is 0 Å². The highest BCUT2D eigenvalue weighted by atomic mass is 16.3. The van der Waals surface area contributed by atoms with Crippen molar-refractivity contribution >= 4 is 11.6 Å². The van der Waals surface area contributed by atoms with Gasteiger partial charge in [0.1, 0.15) is 11.5 Å². The van der Waals surface area contributed by atoms with Crippen LogP contribution in [0.15, 0.2) is 16.5 Å². The van der Waals surface area contributed by atoms with E-state index in [1.54, 1.807) is 0 Å². The number of nitrogens with zero attached hydrogens (tertiary/aromatic N) is 2. The predicted octanol–water partition coefficient (Wildman–Crippen LogP) is 3.35. The zero-order valence-electron chi connectivity index (χ0n) is 15.1. The van der Waals surface area contributed by atoms with Gasteiger partial charge in [-0.15, -0.1) is 0 Å². The van der Waals surface area contributed by atoms with E-state index in [0.717, 1.165) is 47.4 Å². The first kappa shape index (κ1) is 16.4. The third-order valence-electron chi connectivity index (χ3n) is 5.32. The van der Waals surface area contributed by atoms with E-state index in [-0.39, 0.29) is 5.91 Å². The quantitative estimate of drug-likeness (QED) is 0.809. The van der Waals surface area contributed by atoms with Gasteiger partial charge < -0.3 is 9.73 Å². The molecule has 0 bridgehead atoms. The molecule has 2 aliphatic carbocycles. The van der Waals surface area contributed by atoms with Crippen LogP contribution >= 0.6 is 0 Å². The van der Waals surface area contributed by atoms with Crippen LogP contribution in [0.4, 0.5) is 5.69 Å². The van der Waals surface area contributed by atoms with Crippen LogP contribution in [0.2, 0.25) is 0 Å². The Balaban J connectivity index is 1.38. The van der Waals surface area contributed by atoms with Crippen molar-refractivity contribution in [3.05, 3.63) is 35.0 Å². The lowest BCUT2D eigenvalue weighted by molar-refractivity contribution is -0.117. The molecule has 0 aliphatic heterocycles. The summed E-state index contributed by atoms with van der Waals surface area (Å²) in [5.41, 5.74) is 2.50. The van der Waals surface area contributed by atoms with E-state index < -0.39 is 0 Å². The molecule has 25 heavy (non-hydrogen) atoms. The Kier molecular flexibility index (Phi) is 4.15. The molecular formula is C19H26N4O2. The first-order chi connectivity index (χ1) is 12.0. The Bertz CT molecular complexity index is 755. The van der Waals surface area contributed by atoms with E-state index in [0.29, 0.717) is 25.0 Å². The van der Waals surface area contributed by atoms with Crippen molar-refractivity contribution in [1.82, 2.24) is 15.1 Å². The van der Waals surface area contributed by atoms with Crippen LogP contribution in [0, 0.1) is 19.8 Å². The van der Waals surface area contributed by atoms with Crippen LogP contribution < -0.4 is 5.32 Å². The van der Waals surface area contributed by atoms with Gasteiger partial charge in [-0.2, -0.15) is 5.10 Å². The van der Waals surface area contributed by atoms with Gasteiger partial charge in [-0.1, -0.05) is 6.92 Å². The second-order valence-corrected chi connectivity index (χ2v) is 7.62. The number of rotatable bonds is 7. The summed E-state index contributed by atoms with van der Waals surface area (Å²) >= 11 is 0. The summed E-state index contributed by atoms with van der Waals surface area (Å²) in [5, 5.41) is 10.0. The molecule has 0 aromatic carbocycles. The van der Waals surface area contributed by atoms with Gasteiger partial charge in [0.15, 0.2) is 0 Å². The molecule has 2 saturated carbocycles. The van der Waals surface area contributed by atoms with Crippen LogP contribution in [0.25, 0.3) is 0 Å². The number of hydrogen-bond donors (Lipinski definition) is 2. The summed E-state index contributed by atoms with van der Waals surface area (Å²) in [4.78, 5) is 14.7. The monoisotopic (exact) mass is 342 g/mol. The Morgan fingerprint density at radius 3 is 2.76 bits per heavy atom. The molecule has 2 heterocycles. The molecule has 4 rings (SSSR count). The fraction of sp³-hybridized carbons (Fsp3) is 0.579. The van der Waals surface area contributed by atoms with Crippen LogP contribution in [-0.4, -0.2) is 33.6 Å². The number of aryl methyl sites for hydroxylation is 2. The van der Waals surface area contributed by atoms with Crippen molar-refractivity contribution in [2.75, 3.05) is 11.9 Å². The van der Waals surface area contributed by atoms with Crippen molar-refractivity contribution in [3.63, 3.8) is 0 Å². The lowest BCUT2D eigenvalue weighted by Crippen LogP contribution is -2.34. The fourth-order valence-corrected chi connectivity index (χ4v) is 3.45. The first-order valence-corrected chi connectivity index (χ1v) is 9.15. The van der Waals surface area contributed by atoms with Gasteiger partial charge >= 0.3 is 0 Å². The standard InChI is InChI=1S/C19H26N4O2/c1-11-8-16(11)17-7-6-15(25-17)9-23(14-4-5-14)10-18(24)20-19-12(2)21-22-13(19)3/h6-7,11,14,16H,4-5,8-10H2,1-3H3,(H,20,24)(H,21,22)/t11-,16-/m0/s1. The summed E-state index contributed by atoms with van der Waals surface area (Å²) in [7, 11) is 0. The lowest BCUT2D eigenvalue weighted by atomic mass is 10.3. The van der Waals surface area contributed by atoms with Crippen LogP contribution in [0.5, 0.6) is 0 Å². The molecule has 2 fully saturated rings. The molecular weight excluding hydrogens is 316 g/mol. The normalized spacial score (nSPS) is 22.4. The second kappa shape index (κ2) is 6.33. The number of aromatic nitrogens is 2. The van der Waals surface area contributed by atoms with E-state index in [1.165, 1.54) is 6.42 Å². The SMILES string of the molecule is Cc1n[nH]c(C)c1NC(=O)CN(Cc1ccc([C@H]2C[C@@H]2C)o1)C1CC1. The summed E-state index contributed by atoms with van der Waals surface area (Å²) in [6.45, 7) is 7.14. The average molecular weight is 342 g/mol. The Morgan fingerprint density at radius 1 is 1.40 bits per heavy atom. The predicted molar refractivity (Wildman–Crippen MR) is 95.4 cm³/mol. The van der Waals surface area contributed by atoms with Gasteiger partial charge in [-0.25, -0.2) is 0 Å². The number of carbonyl (C=O) groups excluding carboxylic acids is 1. The summed E-state index contributed by atoms with van der Waals surface area (Å²) < 4.78 is 6.02. The maximum Gasteiger partial charge on any atom is 0.238 e. The van der Waals surface area contributed by atoms with Crippen molar-refractivity contribution in [2.45, 2.75) is 58.5 Å². The van der Waals surface area contributed by atoms with Gasteiger partial charge in [0, 0.05) is 12.0 Å². The number of furan rings is 1. The Morgan fingerprint density at radius 2 is 2.16 bits per heavy atom. The summed E-state index contributed by atoms with van der Waals surface area (Å²) in [6.07, 6.45) is 3.54. The maximum atomic E-state index is 12.5. The fourth-order valence-electron chi connectivity index (χ4n) is 3.45. The van der Waals surface area contributed by atoms with Crippen LogP contribution in [0.1, 0.15) is 55.0 Å². The molecule has 2 atom stereocenters. The number of aromatic amines is 1. The van der Waals surface area contributed by atoms with E-state index >= 15 is 0 Å². The van der Waals surface area contributed by atoms with Crippen molar-refractivity contribution in [3.8, 4) is 0 Å². The van der Waals surface area contributed by atoms with E-state index in [4.69, 9.17) is 4.42 Å². The van der Waals surface area contributed by atoms with Gasteiger partial charge in [0.05, 0.1) is 30.2 Å². The molecule has 6 heteroatoms. The molecule has 0 spiro atoms. The summed E-state index contributed by atoms with van der Waals surface area (Å²) in [6, 6.07) is 4.66. The third kappa shape index (κ3) is 3.63. The lowest BCUT2D eigenvalue weighted by Gasteiger charge is -2.20. The molecule has 0 unspecified atom stereocenters. The number of amides is 1. The first-order valence-electron chi connectivity index (χ1n) is 9.15. The highest BCUT2D eigenvalue weighted by Gasteiger charge is 2.37. The smallest absolute Gasteiger partial charge is 0.238 e. The van der Waals surface area contributed by atoms with Gasteiger partial charge in [0.2, 0.25) is 5.91 Å². The largest absolute Gasteiger partial charge is 0.464 e. The summed E-state index contributed by atoms with van der Waals surface area (Å²) in [5.74, 6) is 3.41. The minimum Gasteiger partial charge on any atom is -0.464 e. The second-order valence-electron chi connectivity index (χ2n) is 7.62. The minimum absolute atomic E-state index is 0.00194. The third-order valence-corrected chi connectivity index (χ3v) is 5.32. The number of hydrogen-bond acceptors (Lipinski definition) is 4. The number of nitrogens with one attached hydrogen (secondary N) is 2. The van der Waals surface area contributed by atoms with E-state index in [1.807, 2.05) is 13.8 Å². The molecule has 2 N–H and O–H groups in total. The molecule has 2 aromatic rings. The molecule has 2 aliphatic rings. The number of H-pyrrole nitrogens is 1. The highest BCUT2D eigenvalue weighted by molar-refractivity contribution is 5.93. The van der Waals surface area contributed by atoms with Gasteiger partial charge in [-0.05, 0) is 51.2 Å². The average Bonchev–Trinajstić information content (AvgIpc) is 3.48. The minimum atomic E-state index is 0.00194.